The van der Waals surface area contributed by atoms with Gasteiger partial charge in [0.2, 0.25) is 0 Å². The quantitative estimate of drug-likeness (QED) is 0.740. The molecule has 0 spiro atoms. The van der Waals surface area contributed by atoms with E-state index in [1.807, 2.05) is 0 Å². The molecule has 0 bridgehead atoms. The average molecular weight is 304 g/mol. The van der Waals surface area contributed by atoms with Crippen molar-refractivity contribution in [1.29, 1.82) is 0 Å². The molecule has 1 atom stereocenters. The molecular weight excluding hydrogens is 296 g/mol. The van der Waals surface area contributed by atoms with Crippen molar-refractivity contribution in [2.75, 3.05) is 7.11 Å². The Labute approximate surface area is 98.3 Å². The molecular formula is C9H7BrClF3O. The molecule has 1 rings (SSSR count). The average Bonchev–Trinajstić information content (AvgIpc) is 2.15. The molecule has 0 saturated heterocycles. The van der Waals surface area contributed by atoms with Crippen molar-refractivity contribution < 1.29 is 17.9 Å². The first-order valence-electron chi connectivity index (χ1n) is 3.90. The second-order valence-corrected chi connectivity index (χ2v) is 4.09. The Morgan fingerprint density at radius 2 is 2.00 bits per heavy atom. The van der Waals surface area contributed by atoms with Crippen LogP contribution >= 0.6 is 27.5 Å². The van der Waals surface area contributed by atoms with Crippen LogP contribution in [0.1, 0.15) is 10.9 Å². The molecule has 0 fully saturated rings. The van der Waals surface area contributed by atoms with Crippen LogP contribution in [0.25, 0.3) is 0 Å². The van der Waals surface area contributed by atoms with Gasteiger partial charge in [-0.05, 0) is 33.6 Å². The molecule has 0 heterocycles. The third-order valence-corrected chi connectivity index (χ3v) is 2.88. The van der Waals surface area contributed by atoms with Gasteiger partial charge < -0.3 is 4.74 Å². The number of hydrogen-bond acceptors (Lipinski definition) is 1. The van der Waals surface area contributed by atoms with E-state index >= 15 is 0 Å². The molecule has 15 heavy (non-hydrogen) atoms. The van der Waals surface area contributed by atoms with Crippen molar-refractivity contribution in [3.63, 3.8) is 0 Å². The molecule has 0 aromatic heterocycles. The van der Waals surface area contributed by atoms with Gasteiger partial charge in [0.15, 0.2) is 5.38 Å². The van der Waals surface area contributed by atoms with Crippen LogP contribution in [-0.4, -0.2) is 13.3 Å². The Morgan fingerprint density at radius 3 is 2.40 bits per heavy atom. The minimum atomic E-state index is -4.45. The zero-order valence-electron chi connectivity index (χ0n) is 7.61. The van der Waals surface area contributed by atoms with E-state index in [0.717, 1.165) is 0 Å². The van der Waals surface area contributed by atoms with Gasteiger partial charge in [-0.15, -0.1) is 11.6 Å². The van der Waals surface area contributed by atoms with Crippen LogP contribution in [0.4, 0.5) is 13.2 Å². The number of rotatable bonds is 2. The molecule has 0 amide bonds. The first-order chi connectivity index (χ1) is 6.86. The molecule has 84 valence electrons. The number of alkyl halides is 4. The van der Waals surface area contributed by atoms with Crippen LogP contribution in [0, 0.1) is 0 Å². The lowest BCUT2D eigenvalue weighted by Crippen LogP contribution is -2.15. The molecule has 0 saturated carbocycles. The number of halogens is 5. The van der Waals surface area contributed by atoms with E-state index in [2.05, 4.69) is 15.9 Å². The monoisotopic (exact) mass is 302 g/mol. The standard InChI is InChI=1S/C9H7BrClF3O/c1-15-7-3-2-5(4-6(7)10)8(11)9(12,13)14/h2-4,8H,1H3. The van der Waals surface area contributed by atoms with Crippen molar-refractivity contribution in [3.8, 4) is 5.75 Å². The van der Waals surface area contributed by atoms with Gasteiger partial charge in [0.25, 0.3) is 0 Å². The predicted molar refractivity (Wildman–Crippen MR) is 55.3 cm³/mol. The van der Waals surface area contributed by atoms with Gasteiger partial charge in [0.05, 0.1) is 11.6 Å². The van der Waals surface area contributed by atoms with E-state index < -0.39 is 11.6 Å². The minimum Gasteiger partial charge on any atom is -0.496 e. The largest absolute Gasteiger partial charge is 0.496 e. The third-order valence-electron chi connectivity index (χ3n) is 1.76. The van der Waals surface area contributed by atoms with Crippen molar-refractivity contribution in [2.24, 2.45) is 0 Å². The van der Waals surface area contributed by atoms with Crippen LogP contribution in [0.15, 0.2) is 22.7 Å². The summed E-state index contributed by atoms with van der Waals surface area (Å²) in [7, 11) is 1.43. The molecule has 0 radical (unpaired) electrons. The predicted octanol–water partition coefficient (Wildman–Crippen LogP) is 4.30. The maximum absolute atomic E-state index is 12.3. The Kier molecular flexibility index (Phi) is 3.89. The van der Waals surface area contributed by atoms with Gasteiger partial charge in [-0.25, -0.2) is 0 Å². The number of hydrogen-bond donors (Lipinski definition) is 0. The zero-order valence-corrected chi connectivity index (χ0v) is 9.95. The maximum Gasteiger partial charge on any atom is 0.408 e. The Hall–Kier alpha value is -0.420. The van der Waals surface area contributed by atoms with E-state index in [1.165, 1.54) is 25.3 Å². The minimum absolute atomic E-state index is 0.0168. The van der Waals surface area contributed by atoms with Crippen molar-refractivity contribution >= 4 is 27.5 Å². The Morgan fingerprint density at radius 1 is 1.40 bits per heavy atom. The molecule has 0 N–H and O–H groups in total. The maximum atomic E-state index is 12.3. The summed E-state index contributed by atoms with van der Waals surface area (Å²) in [5.41, 5.74) is -0.0168. The lowest BCUT2D eigenvalue weighted by Gasteiger charge is -2.14. The smallest absolute Gasteiger partial charge is 0.408 e. The molecule has 6 heteroatoms. The molecule has 0 aliphatic heterocycles. The summed E-state index contributed by atoms with van der Waals surface area (Å²) in [6.07, 6.45) is -4.45. The highest BCUT2D eigenvalue weighted by molar-refractivity contribution is 9.10. The SMILES string of the molecule is COc1ccc(C(Cl)C(F)(F)F)cc1Br. The summed E-state index contributed by atoms with van der Waals surface area (Å²) in [6.45, 7) is 0. The molecule has 0 aliphatic carbocycles. The van der Waals surface area contributed by atoms with Crippen LogP contribution in [0.3, 0.4) is 0 Å². The van der Waals surface area contributed by atoms with E-state index in [-0.39, 0.29) is 5.56 Å². The molecule has 1 unspecified atom stereocenters. The summed E-state index contributed by atoms with van der Waals surface area (Å²) in [5.74, 6) is 0.463. The third kappa shape index (κ3) is 3.01. The van der Waals surface area contributed by atoms with Gasteiger partial charge >= 0.3 is 6.18 Å². The molecule has 1 aromatic rings. The summed E-state index contributed by atoms with van der Waals surface area (Å²) in [4.78, 5) is 0. The molecule has 1 aromatic carbocycles. The van der Waals surface area contributed by atoms with Crippen LogP contribution in [0.2, 0.25) is 0 Å². The van der Waals surface area contributed by atoms with Crippen LogP contribution in [-0.2, 0) is 0 Å². The van der Waals surface area contributed by atoms with E-state index in [0.29, 0.717) is 10.2 Å². The van der Waals surface area contributed by atoms with Gasteiger partial charge in [-0.2, -0.15) is 13.2 Å². The fraction of sp³-hybridized carbons (Fsp3) is 0.333. The first-order valence-corrected chi connectivity index (χ1v) is 5.13. The second-order valence-electron chi connectivity index (χ2n) is 2.80. The summed E-state index contributed by atoms with van der Waals surface area (Å²) >= 11 is 8.35. The summed E-state index contributed by atoms with van der Waals surface area (Å²) in [5, 5.41) is -2.00. The number of benzene rings is 1. The van der Waals surface area contributed by atoms with Crippen molar-refractivity contribution in [1.82, 2.24) is 0 Å². The zero-order chi connectivity index (χ0) is 11.6. The Balaban J connectivity index is 3.02. The number of ether oxygens (including phenoxy) is 1. The van der Waals surface area contributed by atoms with Gasteiger partial charge in [-0.1, -0.05) is 6.07 Å². The fourth-order valence-electron chi connectivity index (χ4n) is 1.03. The first kappa shape index (κ1) is 12.6. The molecule has 0 aliphatic rings. The normalized spacial score (nSPS) is 13.7. The second kappa shape index (κ2) is 4.61. The summed E-state index contributed by atoms with van der Waals surface area (Å²) < 4.78 is 42.1. The van der Waals surface area contributed by atoms with Crippen LogP contribution < -0.4 is 4.74 Å². The van der Waals surface area contributed by atoms with Crippen molar-refractivity contribution in [3.05, 3.63) is 28.2 Å². The van der Waals surface area contributed by atoms with Gasteiger partial charge in [0.1, 0.15) is 5.75 Å². The molecule has 1 nitrogen and oxygen atoms in total. The van der Waals surface area contributed by atoms with E-state index in [1.54, 1.807) is 0 Å². The topological polar surface area (TPSA) is 9.23 Å². The Bertz CT molecular complexity index is 354. The van der Waals surface area contributed by atoms with E-state index in [4.69, 9.17) is 16.3 Å². The van der Waals surface area contributed by atoms with Crippen LogP contribution in [0.5, 0.6) is 5.75 Å². The number of methoxy groups -OCH3 is 1. The highest BCUT2D eigenvalue weighted by atomic mass is 79.9. The highest BCUT2D eigenvalue weighted by Crippen LogP contribution is 2.40. The van der Waals surface area contributed by atoms with Crippen molar-refractivity contribution in [2.45, 2.75) is 11.6 Å². The van der Waals surface area contributed by atoms with Gasteiger partial charge in [-0.3, -0.25) is 0 Å². The lowest BCUT2D eigenvalue weighted by atomic mass is 10.1. The van der Waals surface area contributed by atoms with E-state index in [9.17, 15) is 13.2 Å². The highest BCUT2D eigenvalue weighted by Gasteiger charge is 2.39. The van der Waals surface area contributed by atoms with Gasteiger partial charge in [0, 0.05) is 0 Å². The summed E-state index contributed by atoms with van der Waals surface area (Å²) in [6, 6.07) is 4.01. The fourth-order valence-corrected chi connectivity index (χ4v) is 1.72. The lowest BCUT2D eigenvalue weighted by molar-refractivity contribution is -0.131.